The van der Waals surface area contributed by atoms with Gasteiger partial charge in [-0.05, 0) is 25.1 Å². The molecule has 0 saturated carbocycles. The number of carbonyl (C=O) groups is 1. The smallest absolute Gasteiger partial charge is 0.255 e. The van der Waals surface area contributed by atoms with Gasteiger partial charge < -0.3 is 15.2 Å². The second-order valence-electron chi connectivity index (χ2n) is 3.38. The number of rotatable bonds is 4. The summed E-state index contributed by atoms with van der Waals surface area (Å²) in [6.07, 6.45) is 1.61. The number of amides is 1. The molecule has 0 radical (unpaired) electrons. The molecule has 0 aromatic heterocycles. The Hall–Kier alpha value is -1.97. The molecule has 4 heteroatoms. The van der Waals surface area contributed by atoms with E-state index in [2.05, 4.69) is 11.9 Å². The van der Waals surface area contributed by atoms with Crippen LogP contribution in [0.1, 0.15) is 17.3 Å². The summed E-state index contributed by atoms with van der Waals surface area (Å²) in [7, 11) is 1.50. The molecule has 1 aromatic carbocycles. The molecule has 0 spiro atoms. The highest BCUT2D eigenvalue weighted by Crippen LogP contribution is 2.22. The maximum Gasteiger partial charge on any atom is 0.255 e. The van der Waals surface area contributed by atoms with Crippen LogP contribution < -0.4 is 10.1 Å². The summed E-state index contributed by atoms with van der Waals surface area (Å²) in [4.78, 5) is 11.7. The molecular formula is C12H15NO3. The number of hydrogen-bond donors (Lipinski definition) is 2. The van der Waals surface area contributed by atoms with Crippen molar-refractivity contribution in [3.63, 3.8) is 0 Å². The van der Waals surface area contributed by atoms with Crippen LogP contribution in [0.2, 0.25) is 0 Å². The number of nitrogens with one attached hydrogen (secondary N) is 1. The Kier molecular flexibility index (Phi) is 3.94. The number of hydrogen-bond acceptors (Lipinski definition) is 3. The van der Waals surface area contributed by atoms with Gasteiger partial charge in [-0.2, -0.15) is 0 Å². The van der Waals surface area contributed by atoms with Crippen molar-refractivity contribution in [2.24, 2.45) is 0 Å². The van der Waals surface area contributed by atoms with E-state index in [0.717, 1.165) is 0 Å². The Bertz CT molecular complexity index is 401. The van der Waals surface area contributed by atoms with E-state index in [0.29, 0.717) is 5.75 Å². The molecule has 1 amide bonds. The maximum absolute atomic E-state index is 11.7. The van der Waals surface area contributed by atoms with Gasteiger partial charge >= 0.3 is 0 Å². The Morgan fingerprint density at radius 2 is 2.31 bits per heavy atom. The Labute approximate surface area is 94.6 Å². The first-order valence-electron chi connectivity index (χ1n) is 4.89. The number of phenols is 1. The van der Waals surface area contributed by atoms with Crippen LogP contribution in [-0.2, 0) is 0 Å². The van der Waals surface area contributed by atoms with Crippen molar-refractivity contribution < 1.29 is 14.6 Å². The summed E-state index contributed by atoms with van der Waals surface area (Å²) in [5.74, 6) is 0.0903. The molecule has 0 bridgehead atoms. The van der Waals surface area contributed by atoms with E-state index in [9.17, 15) is 9.90 Å². The lowest BCUT2D eigenvalue weighted by Crippen LogP contribution is -2.30. The third-order valence-corrected chi connectivity index (χ3v) is 2.16. The zero-order chi connectivity index (χ0) is 12.1. The lowest BCUT2D eigenvalue weighted by atomic mass is 10.1. The van der Waals surface area contributed by atoms with Crippen LogP contribution in [0.3, 0.4) is 0 Å². The summed E-state index contributed by atoms with van der Waals surface area (Å²) in [6, 6.07) is 4.34. The number of ether oxygens (including phenoxy) is 1. The molecule has 1 atom stereocenters. The Morgan fingerprint density at radius 1 is 1.62 bits per heavy atom. The highest BCUT2D eigenvalue weighted by molar-refractivity contribution is 5.97. The number of benzene rings is 1. The van der Waals surface area contributed by atoms with Gasteiger partial charge in [-0.25, -0.2) is 0 Å². The van der Waals surface area contributed by atoms with Crippen molar-refractivity contribution in [1.82, 2.24) is 5.32 Å². The molecule has 0 aliphatic heterocycles. The molecule has 16 heavy (non-hydrogen) atoms. The van der Waals surface area contributed by atoms with Gasteiger partial charge in [0.15, 0.2) is 0 Å². The van der Waals surface area contributed by atoms with Gasteiger partial charge in [0.2, 0.25) is 0 Å². The lowest BCUT2D eigenvalue weighted by Gasteiger charge is -2.11. The SMILES string of the molecule is C=CC(C)NC(=O)c1cc(OC)ccc1O. The topological polar surface area (TPSA) is 58.6 Å². The van der Waals surface area contributed by atoms with Crippen molar-refractivity contribution in [1.29, 1.82) is 0 Å². The zero-order valence-corrected chi connectivity index (χ0v) is 9.36. The van der Waals surface area contributed by atoms with Gasteiger partial charge in [0.1, 0.15) is 11.5 Å². The average molecular weight is 221 g/mol. The number of aromatic hydroxyl groups is 1. The predicted octanol–water partition coefficient (Wildman–Crippen LogP) is 1.71. The van der Waals surface area contributed by atoms with Crippen LogP contribution in [0.15, 0.2) is 30.9 Å². The van der Waals surface area contributed by atoms with Crippen LogP contribution in [0, 0.1) is 0 Å². The quantitative estimate of drug-likeness (QED) is 0.761. The first-order valence-corrected chi connectivity index (χ1v) is 4.89. The lowest BCUT2D eigenvalue weighted by molar-refractivity contribution is 0.0944. The number of carbonyl (C=O) groups excluding carboxylic acids is 1. The highest BCUT2D eigenvalue weighted by atomic mass is 16.5. The van der Waals surface area contributed by atoms with E-state index in [1.807, 2.05) is 0 Å². The average Bonchev–Trinajstić information content (AvgIpc) is 2.29. The summed E-state index contributed by atoms with van der Waals surface area (Å²) in [5, 5.41) is 12.2. The van der Waals surface area contributed by atoms with E-state index in [-0.39, 0.29) is 23.3 Å². The van der Waals surface area contributed by atoms with E-state index < -0.39 is 0 Å². The minimum absolute atomic E-state index is 0.0745. The van der Waals surface area contributed by atoms with Gasteiger partial charge in [-0.3, -0.25) is 4.79 Å². The minimum Gasteiger partial charge on any atom is -0.507 e. The fraction of sp³-hybridized carbons (Fsp3) is 0.250. The molecule has 0 heterocycles. The van der Waals surface area contributed by atoms with Gasteiger partial charge in [-0.1, -0.05) is 6.08 Å². The van der Waals surface area contributed by atoms with Crippen molar-refractivity contribution in [2.45, 2.75) is 13.0 Å². The molecule has 0 aliphatic carbocycles. The number of phenolic OH excluding ortho intramolecular Hbond substituents is 1. The van der Waals surface area contributed by atoms with E-state index >= 15 is 0 Å². The molecule has 0 saturated heterocycles. The third-order valence-electron chi connectivity index (χ3n) is 2.16. The molecule has 1 rings (SSSR count). The largest absolute Gasteiger partial charge is 0.507 e. The molecule has 1 aromatic rings. The fourth-order valence-electron chi connectivity index (χ4n) is 1.17. The monoisotopic (exact) mass is 221 g/mol. The Morgan fingerprint density at radius 3 is 2.88 bits per heavy atom. The number of methoxy groups -OCH3 is 1. The molecule has 0 aliphatic rings. The molecule has 86 valence electrons. The third kappa shape index (κ3) is 2.76. The zero-order valence-electron chi connectivity index (χ0n) is 9.36. The van der Waals surface area contributed by atoms with Crippen LogP contribution in [-0.4, -0.2) is 24.2 Å². The van der Waals surface area contributed by atoms with E-state index in [1.54, 1.807) is 19.1 Å². The Balaban J connectivity index is 2.93. The molecule has 4 nitrogen and oxygen atoms in total. The van der Waals surface area contributed by atoms with Crippen LogP contribution in [0.4, 0.5) is 0 Å². The first kappa shape index (κ1) is 12.1. The molecule has 2 N–H and O–H groups in total. The summed E-state index contributed by atoms with van der Waals surface area (Å²) >= 11 is 0. The fourth-order valence-corrected chi connectivity index (χ4v) is 1.17. The first-order chi connectivity index (χ1) is 7.58. The van der Waals surface area contributed by atoms with Crippen LogP contribution in [0.5, 0.6) is 11.5 Å². The van der Waals surface area contributed by atoms with E-state index in [1.165, 1.54) is 19.2 Å². The predicted molar refractivity (Wildman–Crippen MR) is 61.8 cm³/mol. The van der Waals surface area contributed by atoms with Crippen molar-refractivity contribution in [3.05, 3.63) is 36.4 Å². The van der Waals surface area contributed by atoms with Gasteiger partial charge in [0, 0.05) is 6.04 Å². The van der Waals surface area contributed by atoms with Gasteiger partial charge in [0.05, 0.1) is 12.7 Å². The van der Waals surface area contributed by atoms with Crippen molar-refractivity contribution in [2.75, 3.05) is 7.11 Å². The summed E-state index contributed by atoms with van der Waals surface area (Å²) in [6.45, 7) is 5.36. The standard InChI is InChI=1S/C12H15NO3/c1-4-8(2)13-12(15)10-7-9(16-3)5-6-11(10)14/h4-8,14H,1H2,2-3H3,(H,13,15). The normalized spacial score (nSPS) is 11.6. The van der Waals surface area contributed by atoms with Crippen molar-refractivity contribution >= 4 is 5.91 Å². The molecule has 0 fully saturated rings. The summed E-state index contributed by atoms with van der Waals surface area (Å²) in [5.41, 5.74) is 0.188. The summed E-state index contributed by atoms with van der Waals surface area (Å²) < 4.78 is 4.98. The van der Waals surface area contributed by atoms with Crippen molar-refractivity contribution in [3.8, 4) is 11.5 Å². The second-order valence-corrected chi connectivity index (χ2v) is 3.38. The highest BCUT2D eigenvalue weighted by Gasteiger charge is 2.13. The molecule has 1 unspecified atom stereocenters. The molecular weight excluding hydrogens is 206 g/mol. The van der Waals surface area contributed by atoms with Crippen LogP contribution >= 0.6 is 0 Å². The van der Waals surface area contributed by atoms with Gasteiger partial charge in [-0.15, -0.1) is 6.58 Å². The van der Waals surface area contributed by atoms with Crippen LogP contribution in [0.25, 0.3) is 0 Å². The van der Waals surface area contributed by atoms with Gasteiger partial charge in [0.25, 0.3) is 5.91 Å². The van der Waals surface area contributed by atoms with E-state index in [4.69, 9.17) is 4.74 Å². The minimum atomic E-state index is -0.358. The second kappa shape index (κ2) is 5.21. The maximum atomic E-state index is 11.7.